The van der Waals surface area contributed by atoms with Crippen molar-refractivity contribution in [1.29, 1.82) is 0 Å². The van der Waals surface area contributed by atoms with Crippen LogP contribution in [0.25, 0.3) is 11.4 Å². The Balaban J connectivity index is 2.33. The van der Waals surface area contributed by atoms with Crippen LogP contribution in [0.2, 0.25) is 5.02 Å². The van der Waals surface area contributed by atoms with Crippen molar-refractivity contribution in [3.8, 4) is 11.4 Å². The van der Waals surface area contributed by atoms with Gasteiger partial charge in [0.15, 0.2) is 0 Å². The number of halogens is 1. The molecule has 0 fully saturated rings. The van der Waals surface area contributed by atoms with E-state index in [9.17, 15) is 4.79 Å². The first-order valence-electron chi connectivity index (χ1n) is 5.71. The van der Waals surface area contributed by atoms with Gasteiger partial charge in [-0.15, -0.1) is 0 Å². The Bertz CT molecular complexity index is 566. The molecule has 5 heteroatoms. The number of ketones is 1. The number of aromatic nitrogens is 2. The van der Waals surface area contributed by atoms with E-state index in [4.69, 9.17) is 16.1 Å². The molecule has 2 aromatic rings. The second-order valence-electron chi connectivity index (χ2n) is 4.04. The van der Waals surface area contributed by atoms with Crippen LogP contribution in [-0.2, 0) is 4.79 Å². The highest BCUT2D eigenvalue weighted by atomic mass is 35.5. The molecule has 1 heterocycles. The summed E-state index contributed by atoms with van der Waals surface area (Å²) in [5.74, 6) is 0.511. The van der Waals surface area contributed by atoms with Crippen LogP contribution in [0.3, 0.4) is 0 Å². The number of hydrogen-bond donors (Lipinski definition) is 0. The Hall–Kier alpha value is -1.68. The standard InChI is InChI=1S/C13H13ClN2O2/c1-3-11(8(2)17)13-15-12(16-18-13)9-5-4-6-10(14)7-9/h4-7,11H,3H2,1-2H3. The second-order valence-corrected chi connectivity index (χ2v) is 4.47. The van der Waals surface area contributed by atoms with Crippen LogP contribution in [0.15, 0.2) is 28.8 Å². The lowest BCUT2D eigenvalue weighted by Crippen LogP contribution is -2.07. The van der Waals surface area contributed by atoms with Crippen molar-refractivity contribution in [2.75, 3.05) is 0 Å². The van der Waals surface area contributed by atoms with Crippen molar-refractivity contribution < 1.29 is 9.32 Å². The van der Waals surface area contributed by atoms with Crippen LogP contribution in [0.4, 0.5) is 0 Å². The summed E-state index contributed by atoms with van der Waals surface area (Å²) >= 11 is 5.90. The van der Waals surface area contributed by atoms with Crippen LogP contribution < -0.4 is 0 Å². The van der Waals surface area contributed by atoms with E-state index in [1.54, 1.807) is 12.1 Å². The highest BCUT2D eigenvalue weighted by molar-refractivity contribution is 6.30. The monoisotopic (exact) mass is 264 g/mol. The number of carbonyl (C=O) groups is 1. The van der Waals surface area contributed by atoms with E-state index < -0.39 is 0 Å². The largest absolute Gasteiger partial charge is 0.338 e. The lowest BCUT2D eigenvalue weighted by atomic mass is 10.0. The molecule has 1 aromatic heterocycles. The van der Waals surface area contributed by atoms with E-state index in [-0.39, 0.29) is 11.7 Å². The first-order chi connectivity index (χ1) is 8.61. The van der Waals surface area contributed by atoms with Crippen LogP contribution in [0, 0.1) is 0 Å². The number of Topliss-reactive ketones (excluding diaryl/α,β-unsaturated/α-hetero) is 1. The summed E-state index contributed by atoms with van der Waals surface area (Å²) in [5.41, 5.74) is 0.774. The summed E-state index contributed by atoms with van der Waals surface area (Å²) in [5, 5.41) is 4.49. The molecule has 1 atom stereocenters. The third-order valence-corrected chi connectivity index (χ3v) is 2.96. The molecule has 0 radical (unpaired) electrons. The molecule has 0 aliphatic rings. The molecule has 94 valence electrons. The van der Waals surface area contributed by atoms with Gasteiger partial charge in [0.2, 0.25) is 11.7 Å². The Morgan fingerprint density at radius 3 is 2.89 bits per heavy atom. The van der Waals surface area contributed by atoms with Gasteiger partial charge in [-0.25, -0.2) is 0 Å². The van der Waals surface area contributed by atoms with E-state index in [2.05, 4.69) is 10.1 Å². The van der Waals surface area contributed by atoms with Gasteiger partial charge < -0.3 is 4.52 Å². The smallest absolute Gasteiger partial charge is 0.237 e. The highest BCUT2D eigenvalue weighted by Crippen LogP contribution is 2.24. The molecule has 0 aliphatic heterocycles. The van der Waals surface area contributed by atoms with Crippen LogP contribution in [0.1, 0.15) is 32.1 Å². The predicted octanol–water partition coefficient (Wildman–Crippen LogP) is 3.47. The third-order valence-electron chi connectivity index (χ3n) is 2.72. The van der Waals surface area contributed by atoms with Crippen LogP contribution in [-0.4, -0.2) is 15.9 Å². The van der Waals surface area contributed by atoms with Crippen molar-refractivity contribution in [1.82, 2.24) is 10.1 Å². The first-order valence-corrected chi connectivity index (χ1v) is 6.09. The zero-order chi connectivity index (χ0) is 13.1. The maximum atomic E-state index is 11.4. The van der Waals surface area contributed by atoms with Gasteiger partial charge in [0.1, 0.15) is 5.78 Å². The fraction of sp³-hybridized carbons (Fsp3) is 0.308. The Morgan fingerprint density at radius 2 is 2.28 bits per heavy atom. The molecule has 2 rings (SSSR count). The number of hydrogen-bond acceptors (Lipinski definition) is 4. The molecule has 1 aromatic carbocycles. The summed E-state index contributed by atoms with van der Waals surface area (Å²) in [6.45, 7) is 3.44. The first kappa shape index (κ1) is 12.8. The van der Waals surface area contributed by atoms with Crippen molar-refractivity contribution in [3.63, 3.8) is 0 Å². The van der Waals surface area contributed by atoms with Gasteiger partial charge in [-0.05, 0) is 25.5 Å². The molecular formula is C13H13ClN2O2. The normalized spacial score (nSPS) is 12.4. The molecule has 0 saturated carbocycles. The summed E-state index contributed by atoms with van der Waals surface area (Å²) in [7, 11) is 0. The van der Waals surface area contributed by atoms with Crippen molar-refractivity contribution in [2.24, 2.45) is 0 Å². The lowest BCUT2D eigenvalue weighted by molar-refractivity contribution is -0.119. The predicted molar refractivity (Wildman–Crippen MR) is 68.5 cm³/mol. The Kier molecular flexibility index (Phi) is 3.77. The van der Waals surface area contributed by atoms with E-state index in [1.165, 1.54) is 6.92 Å². The number of nitrogens with zero attached hydrogens (tertiary/aromatic N) is 2. The van der Waals surface area contributed by atoms with Crippen molar-refractivity contribution in [3.05, 3.63) is 35.2 Å². The minimum Gasteiger partial charge on any atom is -0.338 e. The van der Waals surface area contributed by atoms with Gasteiger partial charge in [0, 0.05) is 10.6 Å². The van der Waals surface area contributed by atoms with Gasteiger partial charge in [0.05, 0.1) is 5.92 Å². The zero-order valence-electron chi connectivity index (χ0n) is 10.2. The molecular weight excluding hydrogens is 252 g/mol. The van der Waals surface area contributed by atoms with Gasteiger partial charge >= 0.3 is 0 Å². The van der Waals surface area contributed by atoms with Gasteiger partial charge in [-0.1, -0.05) is 35.8 Å². The van der Waals surface area contributed by atoms with Gasteiger partial charge in [-0.3, -0.25) is 4.79 Å². The summed E-state index contributed by atoms with van der Waals surface area (Å²) in [6.07, 6.45) is 0.645. The van der Waals surface area contributed by atoms with E-state index in [0.717, 1.165) is 5.56 Å². The van der Waals surface area contributed by atoms with E-state index >= 15 is 0 Å². The topological polar surface area (TPSA) is 56.0 Å². The number of rotatable bonds is 4. The third kappa shape index (κ3) is 2.59. The quantitative estimate of drug-likeness (QED) is 0.848. The molecule has 0 spiro atoms. The van der Waals surface area contributed by atoms with E-state index in [1.807, 2.05) is 19.1 Å². The number of benzene rings is 1. The van der Waals surface area contributed by atoms with Crippen molar-refractivity contribution >= 4 is 17.4 Å². The Morgan fingerprint density at radius 1 is 1.50 bits per heavy atom. The van der Waals surface area contributed by atoms with Gasteiger partial charge in [0.25, 0.3) is 0 Å². The van der Waals surface area contributed by atoms with Crippen LogP contribution in [0.5, 0.6) is 0 Å². The fourth-order valence-corrected chi connectivity index (χ4v) is 1.95. The summed E-state index contributed by atoms with van der Waals surface area (Å²) in [4.78, 5) is 15.7. The fourth-order valence-electron chi connectivity index (χ4n) is 1.76. The molecule has 0 N–H and O–H groups in total. The molecule has 18 heavy (non-hydrogen) atoms. The minimum absolute atomic E-state index is 0.0267. The zero-order valence-corrected chi connectivity index (χ0v) is 10.9. The molecule has 0 aliphatic carbocycles. The molecule has 0 saturated heterocycles. The lowest BCUT2D eigenvalue weighted by Gasteiger charge is -2.03. The average Bonchev–Trinajstić information content (AvgIpc) is 2.79. The molecule has 0 amide bonds. The maximum Gasteiger partial charge on any atom is 0.237 e. The maximum absolute atomic E-state index is 11.4. The summed E-state index contributed by atoms with van der Waals surface area (Å²) in [6, 6.07) is 7.19. The second kappa shape index (κ2) is 5.31. The molecule has 0 bridgehead atoms. The van der Waals surface area contributed by atoms with Gasteiger partial charge in [-0.2, -0.15) is 4.98 Å². The number of carbonyl (C=O) groups excluding carboxylic acids is 1. The van der Waals surface area contributed by atoms with E-state index in [0.29, 0.717) is 23.2 Å². The van der Waals surface area contributed by atoms with Crippen molar-refractivity contribution in [2.45, 2.75) is 26.2 Å². The Labute approximate surface area is 110 Å². The highest BCUT2D eigenvalue weighted by Gasteiger charge is 2.21. The SMILES string of the molecule is CCC(C(C)=O)c1nc(-c2cccc(Cl)c2)no1. The molecule has 4 nitrogen and oxygen atoms in total. The summed E-state index contributed by atoms with van der Waals surface area (Å²) < 4.78 is 5.15. The minimum atomic E-state index is -0.328. The molecule has 1 unspecified atom stereocenters. The van der Waals surface area contributed by atoms with Crippen LogP contribution >= 0.6 is 11.6 Å². The average molecular weight is 265 g/mol.